The minimum atomic E-state index is 0.127. The maximum atomic E-state index is 11.1. The fourth-order valence-electron chi connectivity index (χ4n) is 1.60. The second kappa shape index (κ2) is 5.98. The standard InChI is InChI=1S/C10H20N2O2/c1-3-11-10(13)4-5-12-8-6-9(7-8)14-2/h8-9,12H,3-7H2,1-2H3,(H,11,13). The molecule has 0 bridgehead atoms. The number of amides is 1. The predicted octanol–water partition coefficient (Wildman–Crippen LogP) is 0.280. The quantitative estimate of drug-likeness (QED) is 0.647. The number of rotatable bonds is 6. The predicted molar refractivity (Wildman–Crippen MR) is 55.1 cm³/mol. The number of nitrogens with one attached hydrogen (secondary N) is 2. The molecule has 0 spiro atoms. The van der Waals surface area contributed by atoms with Crippen molar-refractivity contribution in [2.24, 2.45) is 0 Å². The van der Waals surface area contributed by atoms with Crippen LogP contribution < -0.4 is 10.6 Å². The van der Waals surface area contributed by atoms with Crippen LogP contribution in [0.3, 0.4) is 0 Å². The van der Waals surface area contributed by atoms with Crippen molar-refractivity contribution in [1.29, 1.82) is 0 Å². The summed E-state index contributed by atoms with van der Waals surface area (Å²) >= 11 is 0. The van der Waals surface area contributed by atoms with Crippen LogP contribution in [0.5, 0.6) is 0 Å². The molecule has 82 valence electrons. The summed E-state index contributed by atoms with van der Waals surface area (Å²) in [5, 5.41) is 6.10. The summed E-state index contributed by atoms with van der Waals surface area (Å²) in [6.07, 6.45) is 3.15. The van der Waals surface area contributed by atoms with Crippen LogP contribution in [0, 0.1) is 0 Å². The normalized spacial score (nSPS) is 25.6. The zero-order chi connectivity index (χ0) is 10.4. The monoisotopic (exact) mass is 200 g/mol. The first-order valence-electron chi connectivity index (χ1n) is 5.29. The zero-order valence-corrected chi connectivity index (χ0v) is 9.01. The average Bonchev–Trinajstić information content (AvgIpc) is 2.09. The van der Waals surface area contributed by atoms with E-state index in [2.05, 4.69) is 10.6 Å². The maximum absolute atomic E-state index is 11.1. The topological polar surface area (TPSA) is 50.4 Å². The summed E-state index contributed by atoms with van der Waals surface area (Å²) in [5.41, 5.74) is 0. The van der Waals surface area contributed by atoms with Gasteiger partial charge in [0.05, 0.1) is 6.10 Å². The molecule has 0 aromatic heterocycles. The van der Waals surface area contributed by atoms with Crippen LogP contribution in [0.4, 0.5) is 0 Å². The Morgan fingerprint density at radius 3 is 2.79 bits per heavy atom. The van der Waals surface area contributed by atoms with Gasteiger partial charge in [0, 0.05) is 32.7 Å². The Balaban J connectivity index is 1.92. The highest BCUT2D eigenvalue weighted by atomic mass is 16.5. The minimum Gasteiger partial charge on any atom is -0.381 e. The van der Waals surface area contributed by atoms with Crippen molar-refractivity contribution in [3.05, 3.63) is 0 Å². The minimum absolute atomic E-state index is 0.127. The Labute approximate surface area is 85.4 Å². The molecule has 14 heavy (non-hydrogen) atoms. The van der Waals surface area contributed by atoms with E-state index in [1.807, 2.05) is 6.92 Å². The van der Waals surface area contributed by atoms with E-state index < -0.39 is 0 Å². The van der Waals surface area contributed by atoms with Gasteiger partial charge in [-0.25, -0.2) is 0 Å². The first kappa shape index (κ1) is 11.5. The van der Waals surface area contributed by atoms with Crippen molar-refractivity contribution in [3.8, 4) is 0 Å². The van der Waals surface area contributed by atoms with E-state index in [1.165, 1.54) is 0 Å². The van der Waals surface area contributed by atoms with Crippen molar-refractivity contribution in [3.63, 3.8) is 0 Å². The third-order valence-corrected chi connectivity index (χ3v) is 2.59. The average molecular weight is 200 g/mol. The van der Waals surface area contributed by atoms with Crippen molar-refractivity contribution >= 4 is 5.91 Å². The number of carbonyl (C=O) groups is 1. The van der Waals surface area contributed by atoms with Crippen molar-refractivity contribution in [1.82, 2.24) is 10.6 Å². The van der Waals surface area contributed by atoms with E-state index in [0.717, 1.165) is 19.4 Å². The van der Waals surface area contributed by atoms with Crippen LogP contribution in [0.15, 0.2) is 0 Å². The highest BCUT2D eigenvalue weighted by molar-refractivity contribution is 5.75. The van der Waals surface area contributed by atoms with E-state index >= 15 is 0 Å². The van der Waals surface area contributed by atoms with Gasteiger partial charge in [0.25, 0.3) is 0 Å². The molecular weight excluding hydrogens is 180 g/mol. The highest BCUT2D eigenvalue weighted by Crippen LogP contribution is 2.22. The molecule has 1 aliphatic carbocycles. The smallest absolute Gasteiger partial charge is 0.221 e. The van der Waals surface area contributed by atoms with Gasteiger partial charge in [-0.3, -0.25) is 4.79 Å². The molecule has 0 aromatic carbocycles. The largest absolute Gasteiger partial charge is 0.381 e. The number of hydrogen-bond acceptors (Lipinski definition) is 3. The van der Waals surface area contributed by atoms with Gasteiger partial charge in [0.15, 0.2) is 0 Å². The molecule has 4 heteroatoms. The lowest BCUT2D eigenvalue weighted by atomic mass is 9.89. The summed E-state index contributed by atoms with van der Waals surface area (Å²) in [6, 6.07) is 0.550. The fourth-order valence-corrected chi connectivity index (χ4v) is 1.60. The van der Waals surface area contributed by atoms with E-state index in [9.17, 15) is 4.79 Å². The fraction of sp³-hybridized carbons (Fsp3) is 0.900. The van der Waals surface area contributed by atoms with Crippen LogP contribution in [-0.2, 0) is 9.53 Å². The van der Waals surface area contributed by atoms with Gasteiger partial charge in [0.2, 0.25) is 5.91 Å². The Bertz CT molecular complexity index is 179. The Hall–Kier alpha value is -0.610. The molecule has 0 radical (unpaired) electrons. The first-order chi connectivity index (χ1) is 6.76. The molecular formula is C10H20N2O2. The van der Waals surface area contributed by atoms with E-state index in [-0.39, 0.29) is 5.91 Å². The lowest BCUT2D eigenvalue weighted by Crippen LogP contribution is -2.46. The Morgan fingerprint density at radius 1 is 1.50 bits per heavy atom. The molecule has 1 aliphatic rings. The first-order valence-corrected chi connectivity index (χ1v) is 5.29. The molecule has 1 fully saturated rings. The van der Waals surface area contributed by atoms with Crippen LogP contribution in [0.1, 0.15) is 26.2 Å². The summed E-state index contributed by atoms with van der Waals surface area (Å²) in [5.74, 6) is 0.127. The second-order valence-electron chi connectivity index (χ2n) is 3.68. The summed E-state index contributed by atoms with van der Waals surface area (Å²) in [6.45, 7) is 3.42. The molecule has 0 saturated heterocycles. The van der Waals surface area contributed by atoms with E-state index in [0.29, 0.717) is 25.1 Å². The van der Waals surface area contributed by atoms with Crippen molar-refractivity contribution in [2.45, 2.75) is 38.3 Å². The van der Waals surface area contributed by atoms with Gasteiger partial charge < -0.3 is 15.4 Å². The molecule has 1 amide bonds. The van der Waals surface area contributed by atoms with Gasteiger partial charge in [-0.05, 0) is 19.8 Å². The lowest BCUT2D eigenvalue weighted by molar-refractivity contribution is -0.120. The lowest BCUT2D eigenvalue weighted by Gasteiger charge is -2.34. The Morgan fingerprint density at radius 2 is 2.21 bits per heavy atom. The molecule has 1 rings (SSSR count). The molecule has 0 aromatic rings. The molecule has 0 aliphatic heterocycles. The SMILES string of the molecule is CCNC(=O)CCNC1CC(OC)C1. The van der Waals surface area contributed by atoms with Gasteiger partial charge >= 0.3 is 0 Å². The highest BCUT2D eigenvalue weighted by Gasteiger charge is 2.28. The van der Waals surface area contributed by atoms with Crippen LogP contribution in [-0.4, -0.2) is 38.3 Å². The second-order valence-corrected chi connectivity index (χ2v) is 3.68. The number of ether oxygens (including phenoxy) is 1. The summed E-state index contributed by atoms with van der Waals surface area (Å²) < 4.78 is 5.16. The van der Waals surface area contributed by atoms with E-state index in [4.69, 9.17) is 4.74 Å². The molecule has 4 nitrogen and oxygen atoms in total. The van der Waals surface area contributed by atoms with Crippen molar-refractivity contribution < 1.29 is 9.53 Å². The van der Waals surface area contributed by atoms with Crippen LogP contribution in [0.25, 0.3) is 0 Å². The number of carbonyl (C=O) groups excluding carboxylic acids is 1. The van der Waals surface area contributed by atoms with Crippen LogP contribution >= 0.6 is 0 Å². The molecule has 0 unspecified atom stereocenters. The maximum Gasteiger partial charge on any atom is 0.221 e. The summed E-state index contributed by atoms with van der Waals surface area (Å²) in [7, 11) is 1.75. The van der Waals surface area contributed by atoms with E-state index in [1.54, 1.807) is 7.11 Å². The van der Waals surface area contributed by atoms with Crippen LogP contribution in [0.2, 0.25) is 0 Å². The zero-order valence-electron chi connectivity index (χ0n) is 9.01. The third kappa shape index (κ3) is 3.64. The van der Waals surface area contributed by atoms with Gasteiger partial charge in [0.1, 0.15) is 0 Å². The number of methoxy groups -OCH3 is 1. The third-order valence-electron chi connectivity index (χ3n) is 2.59. The number of hydrogen-bond donors (Lipinski definition) is 2. The molecule has 0 heterocycles. The molecule has 2 N–H and O–H groups in total. The molecule has 0 atom stereocenters. The van der Waals surface area contributed by atoms with Gasteiger partial charge in [-0.2, -0.15) is 0 Å². The Kier molecular flexibility index (Phi) is 4.90. The summed E-state index contributed by atoms with van der Waals surface area (Å²) in [4.78, 5) is 11.1. The van der Waals surface area contributed by atoms with Gasteiger partial charge in [-0.1, -0.05) is 0 Å². The van der Waals surface area contributed by atoms with Gasteiger partial charge in [-0.15, -0.1) is 0 Å². The van der Waals surface area contributed by atoms with Crippen molar-refractivity contribution in [2.75, 3.05) is 20.2 Å². The molecule has 1 saturated carbocycles.